The zero-order valence-corrected chi connectivity index (χ0v) is 20.8. The lowest BCUT2D eigenvalue weighted by Gasteiger charge is -2.15. The van der Waals surface area contributed by atoms with Crippen LogP contribution in [0.1, 0.15) is 42.3 Å². The summed E-state index contributed by atoms with van der Waals surface area (Å²) >= 11 is 0.817. The van der Waals surface area contributed by atoms with Gasteiger partial charge in [0.25, 0.3) is 11.8 Å². The third-order valence-electron chi connectivity index (χ3n) is 5.64. The highest BCUT2D eigenvalue weighted by Crippen LogP contribution is 2.27. The van der Waals surface area contributed by atoms with Crippen LogP contribution in [0.2, 0.25) is 0 Å². The standard InChI is InChI=1S/C25H22N6O7S/c26-8-14-6-20(23(35)27-9-12-2-1-3-18-17(12)10-29-31-18)39-21(14)24(36)30-19(25(37)38)11-28-22(34)13-4-15(32)7-16(33)5-13/h1-7,10,19,23,27,32-33,35H,9,11H2,(H,28,34)(H,29,31)(H,30,36)(H,37,38). The van der Waals surface area contributed by atoms with E-state index in [1.807, 2.05) is 24.3 Å². The van der Waals surface area contributed by atoms with Gasteiger partial charge in [0.15, 0.2) is 0 Å². The number of aliphatic hydroxyl groups excluding tert-OH is 1. The molecule has 8 N–H and O–H groups in total. The van der Waals surface area contributed by atoms with Crippen LogP contribution in [-0.4, -0.2) is 61.0 Å². The minimum Gasteiger partial charge on any atom is -0.508 e. The first-order valence-electron chi connectivity index (χ1n) is 11.4. The second-order valence-corrected chi connectivity index (χ2v) is 9.43. The van der Waals surface area contributed by atoms with Crippen molar-refractivity contribution in [3.05, 3.63) is 75.1 Å². The minimum absolute atomic E-state index is 0.0614. The van der Waals surface area contributed by atoms with Gasteiger partial charge in [-0.25, -0.2) is 4.79 Å². The van der Waals surface area contributed by atoms with Gasteiger partial charge in [-0.05, 0) is 29.8 Å². The molecule has 0 spiro atoms. The molecule has 0 saturated carbocycles. The van der Waals surface area contributed by atoms with E-state index in [4.69, 9.17) is 0 Å². The molecule has 2 heterocycles. The summed E-state index contributed by atoms with van der Waals surface area (Å²) in [5.74, 6) is -3.85. The maximum Gasteiger partial charge on any atom is 0.328 e. The molecule has 39 heavy (non-hydrogen) atoms. The first-order chi connectivity index (χ1) is 18.7. The number of carboxylic acids is 1. The number of phenols is 2. The third kappa shape index (κ3) is 6.30. The van der Waals surface area contributed by atoms with Gasteiger partial charge in [-0.2, -0.15) is 10.4 Å². The van der Waals surface area contributed by atoms with Gasteiger partial charge in [0.05, 0.1) is 17.3 Å². The number of carboxylic acid groups (broad SMARTS) is 1. The van der Waals surface area contributed by atoms with E-state index in [-0.39, 0.29) is 38.9 Å². The maximum absolute atomic E-state index is 12.9. The van der Waals surface area contributed by atoms with Crippen LogP contribution in [0.25, 0.3) is 10.9 Å². The molecular formula is C25H22N6O7S. The molecule has 0 aliphatic rings. The molecule has 0 radical (unpaired) electrons. The first-order valence-corrected chi connectivity index (χ1v) is 12.2. The number of carbonyl (C=O) groups excluding carboxylic acids is 2. The summed E-state index contributed by atoms with van der Waals surface area (Å²) in [5.41, 5.74) is 1.51. The smallest absolute Gasteiger partial charge is 0.328 e. The Labute approximate surface area is 224 Å². The fourth-order valence-corrected chi connectivity index (χ4v) is 4.71. The zero-order valence-electron chi connectivity index (χ0n) is 20.0. The number of carbonyl (C=O) groups is 3. The Morgan fingerprint density at radius 2 is 1.85 bits per heavy atom. The molecule has 4 aromatic rings. The van der Waals surface area contributed by atoms with Crippen LogP contribution >= 0.6 is 11.3 Å². The number of aliphatic carboxylic acids is 1. The Morgan fingerprint density at radius 1 is 1.10 bits per heavy atom. The number of nitrogens with zero attached hydrogens (tertiary/aromatic N) is 2. The molecule has 14 heteroatoms. The Balaban J connectivity index is 1.41. The Bertz CT molecular complexity index is 1570. The molecule has 13 nitrogen and oxygen atoms in total. The predicted octanol–water partition coefficient (Wildman–Crippen LogP) is 1.30. The highest BCUT2D eigenvalue weighted by atomic mass is 32.1. The first kappa shape index (κ1) is 27.1. The van der Waals surface area contributed by atoms with Gasteiger partial charge in [-0.3, -0.25) is 20.0 Å². The van der Waals surface area contributed by atoms with Crippen molar-refractivity contribution in [3.63, 3.8) is 0 Å². The van der Waals surface area contributed by atoms with Crippen molar-refractivity contribution >= 4 is 40.0 Å². The monoisotopic (exact) mass is 550 g/mol. The third-order valence-corrected chi connectivity index (χ3v) is 6.83. The van der Waals surface area contributed by atoms with Gasteiger partial charge in [0, 0.05) is 35.0 Å². The van der Waals surface area contributed by atoms with Gasteiger partial charge in [0.1, 0.15) is 34.7 Å². The molecule has 200 valence electrons. The number of nitriles is 1. The molecule has 0 aliphatic heterocycles. The van der Waals surface area contributed by atoms with Crippen molar-refractivity contribution in [1.29, 1.82) is 5.26 Å². The largest absolute Gasteiger partial charge is 0.508 e. The summed E-state index contributed by atoms with van der Waals surface area (Å²) in [7, 11) is 0. The fourth-order valence-electron chi connectivity index (χ4n) is 3.73. The van der Waals surface area contributed by atoms with Crippen molar-refractivity contribution in [1.82, 2.24) is 26.1 Å². The van der Waals surface area contributed by atoms with Gasteiger partial charge in [-0.15, -0.1) is 11.3 Å². The van der Waals surface area contributed by atoms with E-state index >= 15 is 0 Å². The molecule has 2 atom stereocenters. The molecule has 0 fully saturated rings. The summed E-state index contributed by atoms with van der Waals surface area (Å²) in [6.07, 6.45) is 0.439. The van der Waals surface area contributed by atoms with E-state index in [0.717, 1.165) is 46.0 Å². The Kier molecular flexibility index (Phi) is 8.06. The van der Waals surface area contributed by atoms with E-state index in [2.05, 4.69) is 26.1 Å². The maximum atomic E-state index is 12.9. The van der Waals surface area contributed by atoms with E-state index in [0.29, 0.717) is 0 Å². The van der Waals surface area contributed by atoms with Crippen molar-refractivity contribution in [3.8, 4) is 17.6 Å². The molecule has 4 rings (SSSR count). The predicted molar refractivity (Wildman–Crippen MR) is 138 cm³/mol. The number of aromatic amines is 1. The number of benzene rings is 2. The number of phenolic OH excluding ortho intramolecular Hbond substituents is 2. The van der Waals surface area contributed by atoms with Gasteiger partial charge >= 0.3 is 5.97 Å². The molecule has 2 aromatic carbocycles. The molecule has 0 bridgehead atoms. The number of nitrogens with one attached hydrogen (secondary N) is 4. The van der Waals surface area contributed by atoms with Gasteiger partial charge in [0.2, 0.25) is 0 Å². The number of rotatable bonds is 10. The average molecular weight is 551 g/mol. The Morgan fingerprint density at radius 3 is 2.54 bits per heavy atom. The Hall–Kier alpha value is -4.97. The van der Waals surface area contributed by atoms with Gasteiger partial charge in [-0.1, -0.05) is 12.1 Å². The number of fused-ring (bicyclic) bond motifs is 1. The highest BCUT2D eigenvalue weighted by Gasteiger charge is 2.26. The molecule has 2 unspecified atom stereocenters. The minimum atomic E-state index is -1.57. The summed E-state index contributed by atoms with van der Waals surface area (Å²) < 4.78 is 0. The van der Waals surface area contributed by atoms with E-state index in [1.165, 1.54) is 6.07 Å². The van der Waals surface area contributed by atoms with Crippen LogP contribution < -0.4 is 16.0 Å². The zero-order chi connectivity index (χ0) is 28.1. The van der Waals surface area contributed by atoms with Crippen molar-refractivity contribution in [2.45, 2.75) is 18.8 Å². The lowest BCUT2D eigenvalue weighted by atomic mass is 10.1. The highest BCUT2D eigenvalue weighted by molar-refractivity contribution is 7.14. The number of amides is 2. The summed E-state index contributed by atoms with van der Waals surface area (Å²) in [5, 5.41) is 63.9. The van der Waals surface area contributed by atoms with Crippen molar-refractivity contribution in [2.75, 3.05) is 6.54 Å². The van der Waals surface area contributed by atoms with Crippen LogP contribution in [0.3, 0.4) is 0 Å². The second-order valence-electron chi connectivity index (χ2n) is 8.35. The number of aromatic nitrogens is 2. The number of aliphatic hydroxyl groups is 1. The SMILES string of the molecule is N#Cc1cc(C(O)NCc2cccc3[nH]ncc23)sc1C(=O)NC(CNC(=O)c1cc(O)cc(O)c1)C(=O)O. The lowest BCUT2D eigenvalue weighted by molar-refractivity contribution is -0.139. The van der Waals surface area contributed by atoms with Crippen LogP contribution in [-0.2, 0) is 11.3 Å². The van der Waals surface area contributed by atoms with Crippen LogP contribution in [0.15, 0.2) is 48.7 Å². The molecule has 2 amide bonds. The van der Waals surface area contributed by atoms with Crippen LogP contribution in [0, 0.1) is 11.3 Å². The molecule has 0 saturated heterocycles. The number of hydrogen-bond acceptors (Lipinski definition) is 10. The van der Waals surface area contributed by atoms with E-state index in [1.54, 1.807) is 6.20 Å². The topological polar surface area (TPSA) is 221 Å². The van der Waals surface area contributed by atoms with E-state index in [9.17, 15) is 40.1 Å². The summed E-state index contributed by atoms with van der Waals surface area (Å²) in [6, 6.07) is 10.4. The fraction of sp³-hybridized carbons (Fsp3) is 0.160. The van der Waals surface area contributed by atoms with Crippen molar-refractivity contribution in [2.24, 2.45) is 0 Å². The quantitative estimate of drug-likeness (QED) is 0.132. The average Bonchev–Trinajstić information content (AvgIpc) is 3.56. The second kappa shape index (κ2) is 11.6. The molecular weight excluding hydrogens is 528 g/mol. The van der Waals surface area contributed by atoms with Crippen LogP contribution in [0.5, 0.6) is 11.5 Å². The normalized spacial score (nSPS) is 12.4. The summed E-state index contributed by atoms with van der Waals surface area (Å²) in [4.78, 5) is 37.1. The number of thiophene rings is 1. The van der Waals surface area contributed by atoms with Crippen LogP contribution in [0.4, 0.5) is 0 Å². The summed E-state index contributed by atoms with van der Waals surface area (Å²) in [6.45, 7) is -0.267. The van der Waals surface area contributed by atoms with E-state index < -0.39 is 36.6 Å². The molecule has 2 aromatic heterocycles. The molecule has 0 aliphatic carbocycles. The number of H-pyrrole nitrogens is 1. The van der Waals surface area contributed by atoms with Crippen molar-refractivity contribution < 1.29 is 34.8 Å². The van der Waals surface area contributed by atoms with Gasteiger partial charge < -0.3 is 31.1 Å². The number of hydrogen-bond donors (Lipinski definition) is 8. The lowest BCUT2D eigenvalue weighted by Crippen LogP contribution is -2.48. The number of aromatic hydroxyl groups is 2.